The normalized spacial score (nSPS) is 11.8. The van der Waals surface area contributed by atoms with E-state index in [0.717, 1.165) is 27.0 Å². The lowest BCUT2D eigenvalue weighted by molar-refractivity contribution is -0.514. The molecular formula is C19H19NO2. The lowest BCUT2D eigenvalue weighted by atomic mass is 10.1. The fraction of sp³-hybridized carbons (Fsp3) is 0.0526. The van der Waals surface area contributed by atoms with Crippen LogP contribution >= 0.6 is 0 Å². The number of ether oxygens (including phenoxy) is 1. The van der Waals surface area contributed by atoms with Gasteiger partial charge in [0.15, 0.2) is 0 Å². The summed E-state index contributed by atoms with van der Waals surface area (Å²) >= 11 is 0. The van der Waals surface area contributed by atoms with Crippen LogP contribution in [0.15, 0.2) is 67.4 Å². The predicted octanol–water partition coefficient (Wildman–Crippen LogP) is 1.64. The third-order valence-electron chi connectivity index (χ3n) is 3.19. The van der Waals surface area contributed by atoms with Crippen LogP contribution < -0.4 is 15.9 Å². The maximum absolute atomic E-state index is 10.3. The second-order valence-electron chi connectivity index (χ2n) is 4.80. The van der Waals surface area contributed by atoms with Gasteiger partial charge in [-0.15, -0.1) is 0 Å². The molecule has 0 aromatic heterocycles. The number of rotatable bonds is 6. The molecule has 0 aliphatic carbocycles. The van der Waals surface area contributed by atoms with Crippen molar-refractivity contribution in [2.75, 3.05) is 0 Å². The zero-order valence-electron chi connectivity index (χ0n) is 12.4. The van der Waals surface area contributed by atoms with E-state index in [4.69, 9.17) is 4.74 Å². The summed E-state index contributed by atoms with van der Waals surface area (Å²) in [6.07, 6.45) is 4.96. The van der Waals surface area contributed by atoms with Gasteiger partial charge in [0.25, 0.3) is 0 Å². The minimum absolute atomic E-state index is 0.482. The maximum Gasteiger partial charge on any atom is 0.119 e. The molecule has 22 heavy (non-hydrogen) atoms. The van der Waals surface area contributed by atoms with E-state index < -0.39 is 0 Å². The average Bonchev–Trinajstić information content (AvgIpc) is 2.55. The van der Waals surface area contributed by atoms with Gasteiger partial charge >= 0.3 is 0 Å². The van der Waals surface area contributed by atoms with Gasteiger partial charge in [0.2, 0.25) is 0 Å². The van der Waals surface area contributed by atoms with Gasteiger partial charge in [-0.2, -0.15) is 0 Å². The number of hydroxylamine groups is 1. The molecule has 0 amide bonds. The van der Waals surface area contributed by atoms with E-state index in [0.29, 0.717) is 12.4 Å². The fourth-order valence-electron chi connectivity index (χ4n) is 1.96. The molecule has 0 unspecified atom stereocenters. The Morgan fingerprint density at radius 2 is 1.95 bits per heavy atom. The van der Waals surface area contributed by atoms with Crippen molar-refractivity contribution in [2.24, 2.45) is 0 Å². The van der Waals surface area contributed by atoms with Crippen molar-refractivity contribution in [3.8, 4) is 0 Å². The van der Waals surface area contributed by atoms with Crippen molar-refractivity contribution in [1.82, 2.24) is 0 Å². The maximum atomic E-state index is 10.3. The number of benzene rings is 2. The third-order valence-corrected chi connectivity index (χ3v) is 3.19. The van der Waals surface area contributed by atoms with Crippen LogP contribution in [0.25, 0.3) is 18.4 Å². The second kappa shape index (κ2) is 7.98. The van der Waals surface area contributed by atoms with Gasteiger partial charge in [-0.3, -0.25) is 0 Å². The minimum Gasteiger partial charge on any atom is -0.631 e. The monoisotopic (exact) mass is 293 g/mol. The van der Waals surface area contributed by atoms with E-state index >= 15 is 0 Å². The quantitative estimate of drug-likeness (QED) is 0.650. The molecule has 112 valence electrons. The fourth-order valence-corrected chi connectivity index (χ4v) is 1.96. The van der Waals surface area contributed by atoms with E-state index in [9.17, 15) is 5.21 Å². The van der Waals surface area contributed by atoms with E-state index in [1.54, 1.807) is 6.08 Å². The molecule has 2 aromatic rings. The van der Waals surface area contributed by atoms with Gasteiger partial charge in [0, 0.05) is 5.56 Å². The van der Waals surface area contributed by atoms with Gasteiger partial charge < -0.3 is 15.4 Å². The first-order valence-corrected chi connectivity index (χ1v) is 6.98. The van der Waals surface area contributed by atoms with Crippen LogP contribution in [0, 0.1) is 5.21 Å². The van der Waals surface area contributed by atoms with Gasteiger partial charge in [-0.05, 0) is 34.2 Å². The first-order valence-electron chi connectivity index (χ1n) is 6.98. The Hall–Kier alpha value is -2.62. The zero-order valence-corrected chi connectivity index (χ0v) is 12.4. The molecule has 0 fully saturated rings. The largest absolute Gasteiger partial charge is 0.631 e. The molecule has 0 saturated carbocycles. The molecule has 0 radical (unpaired) electrons. The first kappa shape index (κ1) is 15.8. The Morgan fingerprint density at radius 3 is 2.68 bits per heavy atom. The van der Waals surface area contributed by atoms with Crippen molar-refractivity contribution < 1.29 is 10.2 Å². The molecule has 2 aromatic carbocycles. The summed E-state index contributed by atoms with van der Waals surface area (Å²) in [5.74, 6) is 0.609. The number of quaternary nitrogens is 1. The Bertz CT molecular complexity index is 764. The molecule has 3 nitrogen and oxygen atoms in total. The molecule has 0 spiro atoms. The Balaban J connectivity index is 2.13. The molecule has 0 saturated heterocycles. The van der Waals surface area contributed by atoms with Gasteiger partial charge in [0.1, 0.15) is 12.4 Å². The Kier molecular flexibility index (Phi) is 5.72. The van der Waals surface area contributed by atoms with Crippen molar-refractivity contribution in [1.29, 1.82) is 0 Å². The van der Waals surface area contributed by atoms with Crippen LogP contribution in [0.4, 0.5) is 0 Å². The number of allylic oxidation sites excluding steroid dienone is 1. The molecule has 0 bridgehead atoms. The molecule has 2 N–H and O–H groups in total. The highest BCUT2D eigenvalue weighted by Crippen LogP contribution is 2.13. The highest BCUT2D eigenvalue weighted by molar-refractivity contribution is 5.58. The lowest BCUT2D eigenvalue weighted by Gasteiger charge is -2.09. The van der Waals surface area contributed by atoms with Crippen molar-refractivity contribution in [3.05, 3.63) is 94.2 Å². The summed E-state index contributed by atoms with van der Waals surface area (Å²) < 4.78 is 5.73. The van der Waals surface area contributed by atoms with E-state index in [-0.39, 0.29) is 0 Å². The highest BCUT2D eigenvalue weighted by Gasteiger charge is 2.00. The van der Waals surface area contributed by atoms with Crippen LogP contribution in [-0.4, -0.2) is 0 Å². The van der Waals surface area contributed by atoms with Crippen molar-refractivity contribution in [2.45, 2.75) is 6.61 Å². The summed E-state index contributed by atoms with van der Waals surface area (Å²) in [6.45, 7) is 8.43. The third kappa shape index (κ3) is 4.45. The van der Waals surface area contributed by atoms with Crippen LogP contribution in [0.2, 0.25) is 0 Å². The highest BCUT2D eigenvalue weighted by atomic mass is 16.5. The summed E-state index contributed by atoms with van der Waals surface area (Å²) in [7, 11) is 0. The molecule has 3 heteroatoms. The van der Waals surface area contributed by atoms with Crippen LogP contribution in [-0.2, 0) is 11.3 Å². The van der Waals surface area contributed by atoms with E-state index in [1.807, 2.05) is 54.6 Å². The topological polar surface area (TPSA) is 48.9 Å². The van der Waals surface area contributed by atoms with Crippen LogP contribution in [0.3, 0.4) is 0 Å². The van der Waals surface area contributed by atoms with Crippen molar-refractivity contribution in [3.63, 3.8) is 0 Å². The molecule has 0 heterocycles. The Labute approximate surface area is 130 Å². The zero-order chi connectivity index (χ0) is 15.8. The smallest absolute Gasteiger partial charge is 0.119 e. The van der Waals surface area contributed by atoms with Crippen molar-refractivity contribution >= 4 is 18.4 Å². The second-order valence-corrected chi connectivity index (χ2v) is 4.80. The molecule has 0 aliphatic rings. The lowest BCUT2D eigenvalue weighted by Crippen LogP contribution is -2.69. The standard InChI is InChI=1S/C19H19NO2/c1-15-10-11-19(13-18(15)9-6-12-20-21)16(2)22-14-17-7-4-3-5-8-17/h3-13H,1-2,14,20H2/b12-6-,18-9-. The molecule has 0 atom stereocenters. The SMILES string of the molecule is C=C(OCc1ccccc1)c1ccc(=C)/c(=C\C=C/[NH2+][O-])c1. The van der Waals surface area contributed by atoms with Gasteiger partial charge in [-0.1, -0.05) is 55.6 Å². The molecular weight excluding hydrogens is 274 g/mol. The summed E-state index contributed by atoms with van der Waals surface area (Å²) in [6, 6.07) is 15.7. The van der Waals surface area contributed by atoms with Gasteiger partial charge in [-0.25, -0.2) is 0 Å². The van der Waals surface area contributed by atoms with E-state index in [1.165, 1.54) is 6.20 Å². The molecule has 2 rings (SSSR count). The first-order chi connectivity index (χ1) is 10.7. The number of hydrogen-bond acceptors (Lipinski definition) is 2. The van der Waals surface area contributed by atoms with Gasteiger partial charge in [0.05, 0.1) is 6.20 Å². The molecule has 0 aliphatic heterocycles. The minimum atomic E-state index is 0.482. The predicted molar refractivity (Wildman–Crippen MR) is 90.4 cm³/mol. The summed E-state index contributed by atoms with van der Waals surface area (Å²) in [5, 5.41) is 12.1. The van der Waals surface area contributed by atoms with Crippen LogP contribution in [0.1, 0.15) is 11.1 Å². The summed E-state index contributed by atoms with van der Waals surface area (Å²) in [4.78, 5) is 0. The van der Waals surface area contributed by atoms with E-state index in [2.05, 4.69) is 13.2 Å². The van der Waals surface area contributed by atoms with Crippen LogP contribution in [0.5, 0.6) is 0 Å². The average molecular weight is 293 g/mol. The number of hydrogen-bond donors (Lipinski definition) is 1. The number of nitrogens with two attached hydrogens (primary N) is 1. The summed E-state index contributed by atoms with van der Waals surface area (Å²) in [5.41, 5.74) is 2.73. The Morgan fingerprint density at radius 1 is 1.18 bits per heavy atom.